The van der Waals surface area contributed by atoms with E-state index in [-0.39, 0.29) is 0 Å². The van der Waals surface area contributed by atoms with Crippen molar-refractivity contribution in [2.24, 2.45) is 0 Å². The Hall–Kier alpha value is -3.80. The van der Waals surface area contributed by atoms with Crippen LogP contribution in [0.15, 0.2) is 72.8 Å². The molecule has 1 heterocycles. The minimum atomic E-state index is -0.801. The third-order valence-corrected chi connectivity index (χ3v) is 4.59. The van der Waals surface area contributed by atoms with Crippen molar-refractivity contribution in [1.29, 1.82) is 10.5 Å². The lowest BCUT2D eigenvalue weighted by molar-refractivity contribution is 0.308. The molecule has 0 bridgehead atoms. The van der Waals surface area contributed by atoms with Crippen LogP contribution in [0.2, 0.25) is 0 Å². The van der Waals surface area contributed by atoms with Crippen LogP contribution in [0.3, 0.4) is 0 Å². The third-order valence-electron chi connectivity index (χ3n) is 4.59. The molecule has 0 spiro atoms. The van der Waals surface area contributed by atoms with E-state index in [1.165, 1.54) is 0 Å². The van der Waals surface area contributed by atoms with Crippen LogP contribution >= 0.6 is 0 Å². The summed E-state index contributed by atoms with van der Waals surface area (Å²) in [4.78, 5) is 3.46. The van der Waals surface area contributed by atoms with Gasteiger partial charge in [0.2, 0.25) is 0 Å². The highest BCUT2D eigenvalue weighted by molar-refractivity contribution is 6.87. The van der Waals surface area contributed by atoms with Crippen molar-refractivity contribution < 1.29 is 13.7 Å². The minimum absolute atomic E-state index is 0.470. The molecule has 138 valence electrons. The first-order chi connectivity index (χ1) is 14.7. The third kappa shape index (κ3) is 4.13. The summed E-state index contributed by atoms with van der Waals surface area (Å²) in [7, 11) is -2.40. The molecule has 0 amide bonds. The lowest BCUT2D eigenvalue weighted by Gasteiger charge is -2.31. The molecular formula is C21H12B3N3O3. The van der Waals surface area contributed by atoms with Gasteiger partial charge < -0.3 is 13.7 Å². The molecule has 0 atom stereocenters. The van der Waals surface area contributed by atoms with Gasteiger partial charge in [0.05, 0.1) is 29.8 Å². The average molecular weight is 387 g/mol. The molecule has 0 aromatic heterocycles. The zero-order chi connectivity index (χ0) is 20.9. The second kappa shape index (κ2) is 8.70. The van der Waals surface area contributed by atoms with E-state index >= 15 is 0 Å². The monoisotopic (exact) mass is 387 g/mol. The number of benzene rings is 3. The van der Waals surface area contributed by atoms with Gasteiger partial charge in [0.1, 0.15) is 0 Å². The second-order valence-corrected chi connectivity index (χ2v) is 6.59. The van der Waals surface area contributed by atoms with E-state index in [0.717, 1.165) is 0 Å². The molecule has 3 aromatic carbocycles. The van der Waals surface area contributed by atoms with Gasteiger partial charge in [-0.15, -0.1) is 0 Å². The van der Waals surface area contributed by atoms with Gasteiger partial charge in [0, 0.05) is 0 Å². The molecule has 1 aliphatic heterocycles. The van der Waals surface area contributed by atoms with Crippen LogP contribution in [0.1, 0.15) is 11.1 Å². The van der Waals surface area contributed by atoms with Crippen molar-refractivity contribution in [2.75, 3.05) is 0 Å². The van der Waals surface area contributed by atoms with E-state index in [2.05, 4.69) is 17.0 Å². The van der Waals surface area contributed by atoms with E-state index in [9.17, 15) is 10.5 Å². The Labute approximate surface area is 175 Å². The van der Waals surface area contributed by atoms with Gasteiger partial charge in [-0.3, -0.25) is 0 Å². The predicted molar refractivity (Wildman–Crippen MR) is 114 cm³/mol. The topological polar surface area (TPSA) is 79.6 Å². The van der Waals surface area contributed by atoms with Gasteiger partial charge in [0.25, 0.3) is 0 Å². The number of hydrogen-bond donors (Lipinski definition) is 0. The molecule has 4 rings (SSSR count). The summed E-state index contributed by atoms with van der Waals surface area (Å²) in [5.41, 5.74) is 3.46. The molecule has 6 nitrogen and oxygen atoms in total. The summed E-state index contributed by atoms with van der Waals surface area (Å²) in [6.45, 7) is 7.25. The zero-order valence-electron chi connectivity index (χ0n) is 15.7. The molecule has 3 aromatic rings. The van der Waals surface area contributed by atoms with Gasteiger partial charge in [-0.25, -0.2) is 4.85 Å². The smallest absolute Gasteiger partial charge is 0.445 e. The van der Waals surface area contributed by atoms with E-state index in [1.807, 2.05) is 18.2 Å². The average Bonchev–Trinajstić information content (AvgIpc) is 2.83. The van der Waals surface area contributed by atoms with Crippen molar-refractivity contribution in [3.8, 4) is 12.1 Å². The first-order valence-electron chi connectivity index (χ1n) is 9.14. The lowest BCUT2D eigenvalue weighted by Crippen LogP contribution is -2.61. The maximum atomic E-state index is 9.22. The summed E-state index contributed by atoms with van der Waals surface area (Å²) in [5.74, 6) is 0. The quantitative estimate of drug-likeness (QED) is 0.504. The first-order valence-corrected chi connectivity index (χ1v) is 9.14. The van der Waals surface area contributed by atoms with E-state index < -0.39 is 21.4 Å². The summed E-state index contributed by atoms with van der Waals surface area (Å²) in [6.07, 6.45) is 0. The van der Waals surface area contributed by atoms with Crippen LogP contribution in [0.25, 0.3) is 4.85 Å². The Morgan fingerprint density at radius 2 is 1.10 bits per heavy atom. The Balaban J connectivity index is 1.72. The number of nitriles is 2. The highest BCUT2D eigenvalue weighted by atomic mass is 16.7. The van der Waals surface area contributed by atoms with Crippen LogP contribution in [0, 0.1) is 29.2 Å². The molecule has 1 fully saturated rings. The predicted octanol–water partition coefficient (Wildman–Crippen LogP) is 1.53. The van der Waals surface area contributed by atoms with Crippen LogP contribution in [-0.2, 0) is 13.7 Å². The van der Waals surface area contributed by atoms with E-state index in [0.29, 0.717) is 33.2 Å². The Morgan fingerprint density at radius 3 is 1.53 bits per heavy atom. The standard InChI is InChI=1S/C21H12B3N3O3/c1-27-21-10-4-9-20(13-21)24-29-22(18-7-2-5-16(11-18)14-25)28-23(30-24)19-8-3-6-17(12-19)15-26/h2-13H. The maximum absolute atomic E-state index is 9.22. The number of rotatable bonds is 3. The first kappa shape index (κ1) is 19.5. The van der Waals surface area contributed by atoms with Crippen molar-refractivity contribution in [2.45, 2.75) is 0 Å². The molecular weight excluding hydrogens is 375 g/mol. The molecule has 0 unspecified atom stereocenters. The molecule has 0 saturated carbocycles. The number of hydrogen-bond acceptors (Lipinski definition) is 5. The normalized spacial score (nSPS) is 13.3. The molecule has 9 heteroatoms. The Kier molecular flexibility index (Phi) is 5.66. The molecule has 0 radical (unpaired) electrons. The van der Waals surface area contributed by atoms with E-state index in [4.69, 9.17) is 20.3 Å². The minimum Gasteiger partial charge on any atom is -0.445 e. The summed E-state index contributed by atoms with van der Waals surface area (Å²) < 4.78 is 18.1. The van der Waals surface area contributed by atoms with Crippen molar-refractivity contribution >= 4 is 43.4 Å². The highest BCUT2D eigenvalue weighted by Gasteiger charge is 2.43. The van der Waals surface area contributed by atoms with Crippen LogP contribution in [0.5, 0.6) is 0 Å². The van der Waals surface area contributed by atoms with Gasteiger partial charge in [0.15, 0.2) is 5.69 Å². The van der Waals surface area contributed by atoms with Crippen molar-refractivity contribution in [3.05, 3.63) is 95.3 Å². The maximum Gasteiger partial charge on any atom is 0.467 e. The molecule has 1 saturated heterocycles. The van der Waals surface area contributed by atoms with Crippen LogP contribution in [-0.4, -0.2) is 21.4 Å². The van der Waals surface area contributed by atoms with Crippen LogP contribution in [0.4, 0.5) is 5.69 Å². The fraction of sp³-hybridized carbons (Fsp3) is 0. The summed E-state index contributed by atoms with van der Waals surface area (Å²) in [6, 6.07) is 25.2. The van der Waals surface area contributed by atoms with Crippen molar-refractivity contribution in [3.63, 3.8) is 0 Å². The highest BCUT2D eigenvalue weighted by Crippen LogP contribution is 2.14. The summed E-state index contributed by atoms with van der Waals surface area (Å²) >= 11 is 0. The molecule has 1 aliphatic rings. The molecule has 30 heavy (non-hydrogen) atoms. The zero-order valence-corrected chi connectivity index (χ0v) is 15.7. The van der Waals surface area contributed by atoms with E-state index in [1.54, 1.807) is 54.6 Å². The van der Waals surface area contributed by atoms with Gasteiger partial charge >= 0.3 is 21.4 Å². The van der Waals surface area contributed by atoms with Gasteiger partial charge in [-0.05, 0) is 40.7 Å². The fourth-order valence-electron chi connectivity index (χ4n) is 3.16. The second-order valence-electron chi connectivity index (χ2n) is 6.59. The number of nitrogens with zero attached hydrogens (tertiary/aromatic N) is 3. The Morgan fingerprint density at radius 1 is 0.667 bits per heavy atom. The van der Waals surface area contributed by atoms with Crippen LogP contribution < -0.4 is 16.4 Å². The lowest BCUT2D eigenvalue weighted by atomic mass is 9.61. The van der Waals surface area contributed by atoms with Gasteiger partial charge in [-0.1, -0.05) is 48.5 Å². The van der Waals surface area contributed by atoms with Crippen molar-refractivity contribution in [1.82, 2.24) is 0 Å². The fourth-order valence-corrected chi connectivity index (χ4v) is 3.16. The summed E-state index contributed by atoms with van der Waals surface area (Å²) in [5, 5.41) is 18.4. The molecule has 0 N–H and O–H groups in total. The Bertz CT molecular complexity index is 1060. The van der Waals surface area contributed by atoms with Gasteiger partial charge in [-0.2, -0.15) is 10.5 Å². The molecule has 0 aliphatic carbocycles. The largest absolute Gasteiger partial charge is 0.467 e. The SMILES string of the molecule is [C-]#[N+]c1cccc(B2OB(c3cccc(C#N)c3)OB(c3cccc(C#N)c3)O2)c1.